The van der Waals surface area contributed by atoms with Crippen LogP contribution in [0.2, 0.25) is 0 Å². The molecule has 0 amide bonds. The first-order valence-corrected chi connectivity index (χ1v) is 6.20. The molecule has 1 saturated carbocycles. The number of aliphatic carboxylic acids is 1. The second-order valence-corrected chi connectivity index (χ2v) is 5.04. The van der Waals surface area contributed by atoms with E-state index in [2.05, 4.69) is 4.90 Å². The van der Waals surface area contributed by atoms with Crippen LogP contribution in [-0.2, 0) is 9.53 Å². The molecule has 0 bridgehead atoms. The molecule has 1 saturated heterocycles. The molecular formula is C12H21NO3. The monoisotopic (exact) mass is 227 g/mol. The number of ether oxygens (including phenoxy) is 1. The maximum absolute atomic E-state index is 10.8. The van der Waals surface area contributed by atoms with Gasteiger partial charge in [0.15, 0.2) is 0 Å². The standard InChI is InChI=1S/C12H21NO3/c1-3-16-11-4-10(5-11)13-6-9(7-13)8(2)12(14)15/h8-11H,3-7H2,1-2H3,(H,14,15). The molecule has 0 aromatic rings. The summed E-state index contributed by atoms with van der Waals surface area (Å²) in [5.41, 5.74) is 0. The molecule has 4 nitrogen and oxygen atoms in total. The Kier molecular flexibility index (Phi) is 3.50. The number of hydrogen-bond acceptors (Lipinski definition) is 3. The molecule has 4 heteroatoms. The van der Waals surface area contributed by atoms with Gasteiger partial charge in [0, 0.05) is 25.7 Å². The fourth-order valence-corrected chi connectivity index (χ4v) is 2.57. The summed E-state index contributed by atoms with van der Waals surface area (Å²) in [7, 11) is 0. The van der Waals surface area contributed by atoms with Crippen LogP contribution in [0.15, 0.2) is 0 Å². The molecule has 0 aromatic heterocycles. The molecule has 0 aromatic carbocycles. The molecule has 1 heterocycles. The average molecular weight is 227 g/mol. The lowest BCUT2D eigenvalue weighted by Crippen LogP contribution is -2.59. The smallest absolute Gasteiger partial charge is 0.306 e. The molecule has 1 N–H and O–H groups in total. The summed E-state index contributed by atoms with van der Waals surface area (Å²) in [6.07, 6.45) is 2.70. The zero-order valence-electron chi connectivity index (χ0n) is 10.1. The van der Waals surface area contributed by atoms with Crippen molar-refractivity contribution < 1.29 is 14.6 Å². The summed E-state index contributed by atoms with van der Waals surface area (Å²) < 4.78 is 5.52. The average Bonchev–Trinajstić information content (AvgIpc) is 2.10. The SMILES string of the molecule is CCOC1CC(N2CC(C(C)C(=O)O)C2)C1. The molecule has 2 rings (SSSR count). The number of nitrogens with zero attached hydrogens (tertiary/aromatic N) is 1. The Morgan fingerprint density at radius 1 is 1.50 bits per heavy atom. The van der Waals surface area contributed by atoms with E-state index in [9.17, 15) is 4.79 Å². The molecule has 16 heavy (non-hydrogen) atoms. The highest BCUT2D eigenvalue weighted by Crippen LogP contribution is 2.35. The number of likely N-dealkylation sites (tertiary alicyclic amines) is 1. The van der Waals surface area contributed by atoms with Gasteiger partial charge in [-0.1, -0.05) is 6.92 Å². The highest BCUT2D eigenvalue weighted by molar-refractivity contribution is 5.70. The highest BCUT2D eigenvalue weighted by Gasteiger charge is 2.42. The van der Waals surface area contributed by atoms with Crippen molar-refractivity contribution in [2.75, 3.05) is 19.7 Å². The zero-order chi connectivity index (χ0) is 11.7. The van der Waals surface area contributed by atoms with Crippen LogP contribution < -0.4 is 0 Å². The van der Waals surface area contributed by atoms with Crippen LogP contribution in [0.25, 0.3) is 0 Å². The van der Waals surface area contributed by atoms with Crippen LogP contribution in [-0.4, -0.2) is 47.8 Å². The van der Waals surface area contributed by atoms with E-state index in [4.69, 9.17) is 9.84 Å². The van der Waals surface area contributed by atoms with Gasteiger partial charge >= 0.3 is 5.97 Å². The third-order valence-corrected chi connectivity index (χ3v) is 4.02. The highest BCUT2D eigenvalue weighted by atomic mass is 16.5. The molecule has 0 spiro atoms. The number of rotatable bonds is 5. The largest absolute Gasteiger partial charge is 0.481 e. The Morgan fingerprint density at radius 2 is 2.12 bits per heavy atom. The first kappa shape index (κ1) is 11.9. The Bertz CT molecular complexity index is 257. The summed E-state index contributed by atoms with van der Waals surface area (Å²) in [4.78, 5) is 13.2. The van der Waals surface area contributed by atoms with E-state index in [-0.39, 0.29) is 5.92 Å². The predicted octanol–water partition coefficient (Wildman–Crippen LogP) is 1.21. The molecule has 1 aliphatic carbocycles. The lowest BCUT2D eigenvalue weighted by atomic mass is 9.80. The van der Waals surface area contributed by atoms with Gasteiger partial charge in [-0.3, -0.25) is 9.69 Å². The molecule has 0 radical (unpaired) electrons. The Labute approximate surface area is 96.6 Å². The van der Waals surface area contributed by atoms with Crippen LogP contribution in [0.5, 0.6) is 0 Å². The van der Waals surface area contributed by atoms with Crippen LogP contribution >= 0.6 is 0 Å². The zero-order valence-corrected chi connectivity index (χ0v) is 10.1. The molecule has 92 valence electrons. The number of carbonyl (C=O) groups is 1. The quantitative estimate of drug-likeness (QED) is 0.767. The molecule has 1 atom stereocenters. The van der Waals surface area contributed by atoms with Crippen molar-refractivity contribution in [1.82, 2.24) is 4.90 Å². The minimum Gasteiger partial charge on any atom is -0.481 e. The predicted molar refractivity (Wildman–Crippen MR) is 60.3 cm³/mol. The van der Waals surface area contributed by atoms with Crippen LogP contribution in [0.4, 0.5) is 0 Å². The first-order valence-electron chi connectivity index (χ1n) is 6.20. The van der Waals surface area contributed by atoms with Crippen molar-refractivity contribution in [3.05, 3.63) is 0 Å². The maximum atomic E-state index is 10.8. The van der Waals surface area contributed by atoms with Gasteiger partial charge < -0.3 is 9.84 Å². The van der Waals surface area contributed by atoms with Crippen molar-refractivity contribution in [2.45, 2.75) is 38.8 Å². The van der Waals surface area contributed by atoms with Crippen LogP contribution in [0.1, 0.15) is 26.7 Å². The fraction of sp³-hybridized carbons (Fsp3) is 0.917. The number of carboxylic acid groups (broad SMARTS) is 1. The number of hydrogen-bond donors (Lipinski definition) is 1. The van der Waals surface area contributed by atoms with E-state index >= 15 is 0 Å². The first-order chi connectivity index (χ1) is 7.61. The minimum atomic E-state index is -0.662. The molecule has 2 fully saturated rings. The maximum Gasteiger partial charge on any atom is 0.306 e. The second-order valence-electron chi connectivity index (χ2n) is 5.04. The number of carboxylic acids is 1. The lowest BCUT2D eigenvalue weighted by Gasteiger charge is -2.51. The van der Waals surface area contributed by atoms with Crippen molar-refractivity contribution in [3.8, 4) is 0 Å². The molecule has 2 aliphatic rings. The summed E-state index contributed by atoms with van der Waals surface area (Å²) >= 11 is 0. The van der Waals surface area contributed by atoms with Crippen molar-refractivity contribution >= 4 is 5.97 Å². The van der Waals surface area contributed by atoms with Gasteiger partial charge in [0.2, 0.25) is 0 Å². The summed E-state index contributed by atoms with van der Waals surface area (Å²) in [5.74, 6) is -0.506. The van der Waals surface area contributed by atoms with Gasteiger partial charge in [-0.25, -0.2) is 0 Å². The minimum absolute atomic E-state index is 0.195. The third-order valence-electron chi connectivity index (χ3n) is 4.02. The fourth-order valence-electron chi connectivity index (χ4n) is 2.57. The van der Waals surface area contributed by atoms with Crippen molar-refractivity contribution in [3.63, 3.8) is 0 Å². The van der Waals surface area contributed by atoms with Gasteiger partial charge in [-0.2, -0.15) is 0 Å². The summed E-state index contributed by atoms with van der Waals surface area (Å²) in [6.45, 7) is 6.56. The van der Waals surface area contributed by atoms with Gasteiger partial charge in [-0.15, -0.1) is 0 Å². The van der Waals surface area contributed by atoms with E-state index in [1.54, 1.807) is 0 Å². The molecular weight excluding hydrogens is 206 g/mol. The summed E-state index contributed by atoms with van der Waals surface area (Å²) in [5, 5.41) is 8.89. The molecule has 1 unspecified atom stereocenters. The lowest BCUT2D eigenvalue weighted by molar-refractivity contribution is -0.148. The van der Waals surface area contributed by atoms with E-state index in [1.807, 2.05) is 13.8 Å². The van der Waals surface area contributed by atoms with Crippen LogP contribution in [0, 0.1) is 11.8 Å². The topological polar surface area (TPSA) is 49.8 Å². The third kappa shape index (κ3) is 2.23. The van der Waals surface area contributed by atoms with Crippen LogP contribution in [0.3, 0.4) is 0 Å². The van der Waals surface area contributed by atoms with Gasteiger partial charge in [-0.05, 0) is 25.7 Å². The van der Waals surface area contributed by atoms with Gasteiger partial charge in [0.1, 0.15) is 0 Å². The van der Waals surface area contributed by atoms with Gasteiger partial charge in [0.05, 0.1) is 12.0 Å². The van der Waals surface area contributed by atoms with Crippen molar-refractivity contribution in [2.24, 2.45) is 11.8 Å². The Balaban J connectivity index is 1.65. The summed E-state index contributed by atoms with van der Waals surface area (Å²) in [6, 6.07) is 0.647. The van der Waals surface area contributed by atoms with E-state index in [0.717, 1.165) is 32.5 Å². The second kappa shape index (κ2) is 4.72. The molecule has 1 aliphatic heterocycles. The van der Waals surface area contributed by atoms with Crippen molar-refractivity contribution in [1.29, 1.82) is 0 Å². The Hall–Kier alpha value is -0.610. The van der Waals surface area contributed by atoms with Gasteiger partial charge in [0.25, 0.3) is 0 Å². The van der Waals surface area contributed by atoms with E-state index in [0.29, 0.717) is 18.1 Å². The normalized spacial score (nSPS) is 32.9. The van der Waals surface area contributed by atoms with E-state index < -0.39 is 5.97 Å². The Morgan fingerprint density at radius 3 is 2.62 bits per heavy atom. The van der Waals surface area contributed by atoms with E-state index in [1.165, 1.54) is 0 Å².